The Labute approximate surface area is 169 Å². The van der Waals surface area contributed by atoms with Gasteiger partial charge in [0.2, 0.25) is 0 Å². The number of rotatable bonds is 12. The van der Waals surface area contributed by atoms with Crippen molar-refractivity contribution in [3.63, 3.8) is 0 Å². The van der Waals surface area contributed by atoms with E-state index in [9.17, 15) is 14.9 Å². The summed E-state index contributed by atoms with van der Waals surface area (Å²) in [6.07, 6.45) is 0. The molecule has 0 atom stereocenters. The molecule has 0 saturated carbocycles. The topological polar surface area (TPSA) is 112 Å². The van der Waals surface area contributed by atoms with Crippen LogP contribution >= 0.6 is 0 Å². The van der Waals surface area contributed by atoms with Crippen molar-refractivity contribution in [1.29, 1.82) is 0 Å². The van der Waals surface area contributed by atoms with E-state index in [2.05, 4.69) is 10.6 Å². The first-order valence-electron chi connectivity index (χ1n) is 9.05. The summed E-state index contributed by atoms with van der Waals surface area (Å²) >= 11 is 0. The van der Waals surface area contributed by atoms with Crippen LogP contribution < -0.4 is 15.4 Å². The van der Waals surface area contributed by atoms with Crippen LogP contribution in [0.4, 0.5) is 11.4 Å². The number of nitro benzene ring substituents is 1. The van der Waals surface area contributed by atoms with Crippen LogP contribution in [0.3, 0.4) is 0 Å². The molecule has 2 rings (SSSR count). The maximum Gasteiger partial charge on any atom is 0.293 e. The summed E-state index contributed by atoms with van der Waals surface area (Å²) in [5.41, 5.74) is 1.28. The summed E-state index contributed by atoms with van der Waals surface area (Å²) in [4.78, 5) is 23.2. The van der Waals surface area contributed by atoms with Crippen molar-refractivity contribution in [2.45, 2.75) is 6.54 Å². The van der Waals surface area contributed by atoms with Gasteiger partial charge in [-0.05, 0) is 29.8 Å². The zero-order valence-corrected chi connectivity index (χ0v) is 16.5. The number of anilines is 1. The lowest BCUT2D eigenvalue weighted by Crippen LogP contribution is -2.23. The SMILES string of the molecule is COCCNc1ccc(C(=O)NCc2ccc(OCCOC)cc2)cc1[N+](=O)[O-]. The standard InChI is InChI=1S/C20H25N3O6/c1-27-10-9-21-18-8-5-16(13-19(18)23(25)26)20(24)22-14-15-3-6-17(7-4-15)29-12-11-28-2/h3-8,13,21H,9-12,14H2,1-2H3,(H,22,24). The van der Waals surface area contributed by atoms with Crippen LogP contribution in [-0.4, -0.2) is 51.4 Å². The highest BCUT2D eigenvalue weighted by Gasteiger charge is 2.17. The van der Waals surface area contributed by atoms with Gasteiger partial charge in [-0.15, -0.1) is 0 Å². The quantitative estimate of drug-likeness (QED) is 0.318. The van der Waals surface area contributed by atoms with E-state index >= 15 is 0 Å². The predicted molar refractivity (Wildman–Crippen MR) is 108 cm³/mol. The monoisotopic (exact) mass is 403 g/mol. The molecule has 2 N–H and O–H groups in total. The fraction of sp³-hybridized carbons (Fsp3) is 0.350. The minimum absolute atomic E-state index is 0.161. The second-order valence-electron chi connectivity index (χ2n) is 6.08. The number of benzene rings is 2. The molecular formula is C20H25N3O6. The zero-order chi connectivity index (χ0) is 21.1. The highest BCUT2D eigenvalue weighted by Crippen LogP contribution is 2.25. The zero-order valence-electron chi connectivity index (χ0n) is 16.5. The molecule has 0 spiro atoms. The predicted octanol–water partition coefficient (Wildman–Crippen LogP) is 2.61. The first kappa shape index (κ1) is 22.1. The number of carbonyl (C=O) groups is 1. The highest BCUT2D eigenvalue weighted by molar-refractivity contribution is 5.95. The van der Waals surface area contributed by atoms with Crippen molar-refractivity contribution < 1.29 is 23.9 Å². The summed E-state index contributed by atoms with van der Waals surface area (Å²) < 4.78 is 15.3. The third-order valence-corrected chi connectivity index (χ3v) is 4.01. The average molecular weight is 403 g/mol. The Morgan fingerprint density at radius 2 is 1.76 bits per heavy atom. The van der Waals surface area contributed by atoms with Gasteiger partial charge in [0, 0.05) is 38.9 Å². The second kappa shape index (κ2) is 11.6. The summed E-state index contributed by atoms with van der Waals surface area (Å²) in [6, 6.07) is 11.6. The van der Waals surface area contributed by atoms with Crippen LogP contribution in [-0.2, 0) is 16.0 Å². The Balaban J connectivity index is 1.96. The molecule has 2 aromatic rings. The fourth-order valence-corrected chi connectivity index (χ4v) is 2.49. The average Bonchev–Trinajstić information content (AvgIpc) is 2.73. The number of carbonyl (C=O) groups excluding carboxylic acids is 1. The number of methoxy groups -OCH3 is 2. The number of nitrogens with one attached hydrogen (secondary N) is 2. The Bertz CT molecular complexity index is 810. The van der Waals surface area contributed by atoms with Crippen molar-refractivity contribution >= 4 is 17.3 Å². The van der Waals surface area contributed by atoms with E-state index in [4.69, 9.17) is 14.2 Å². The van der Waals surface area contributed by atoms with Crippen LogP contribution in [0.5, 0.6) is 5.75 Å². The molecule has 2 aromatic carbocycles. The number of amides is 1. The van der Waals surface area contributed by atoms with Crippen LogP contribution in [0.15, 0.2) is 42.5 Å². The van der Waals surface area contributed by atoms with Gasteiger partial charge in [-0.25, -0.2) is 0 Å². The maximum absolute atomic E-state index is 12.4. The van der Waals surface area contributed by atoms with Gasteiger partial charge in [0.05, 0.1) is 18.1 Å². The smallest absolute Gasteiger partial charge is 0.293 e. The summed E-state index contributed by atoms with van der Waals surface area (Å²) in [5, 5.41) is 17.0. The molecule has 156 valence electrons. The second-order valence-corrected chi connectivity index (χ2v) is 6.08. The fourth-order valence-electron chi connectivity index (χ4n) is 2.49. The lowest BCUT2D eigenvalue weighted by atomic mass is 10.1. The summed E-state index contributed by atoms with van der Waals surface area (Å²) in [5.74, 6) is 0.321. The molecule has 9 heteroatoms. The van der Waals surface area contributed by atoms with Crippen LogP contribution in [0, 0.1) is 10.1 Å². The van der Waals surface area contributed by atoms with E-state index in [0.29, 0.717) is 44.3 Å². The van der Waals surface area contributed by atoms with E-state index in [0.717, 1.165) is 5.56 Å². The van der Waals surface area contributed by atoms with Crippen molar-refractivity contribution in [3.8, 4) is 5.75 Å². The number of ether oxygens (including phenoxy) is 3. The molecule has 29 heavy (non-hydrogen) atoms. The van der Waals surface area contributed by atoms with E-state index in [1.165, 1.54) is 12.1 Å². The third-order valence-electron chi connectivity index (χ3n) is 4.01. The Morgan fingerprint density at radius 1 is 1.03 bits per heavy atom. The Morgan fingerprint density at radius 3 is 2.41 bits per heavy atom. The highest BCUT2D eigenvalue weighted by atomic mass is 16.6. The van der Waals surface area contributed by atoms with E-state index < -0.39 is 10.8 Å². The molecule has 0 saturated heterocycles. The molecule has 9 nitrogen and oxygen atoms in total. The van der Waals surface area contributed by atoms with Gasteiger partial charge >= 0.3 is 0 Å². The number of nitrogens with zero attached hydrogens (tertiary/aromatic N) is 1. The van der Waals surface area contributed by atoms with E-state index in [1.54, 1.807) is 20.3 Å². The van der Waals surface area contributed by atoms with Crippen molar-refractivity contribution in [2.24, 2.45) is 0 Å². The molecule has 0 aliphatic carbocycles. The number of hydrogen-bond acceptors (Lipinski definition) is 7. The molecule has 0 radical (unpaired) electrons. The van der Waals surface area contributed by atoms with Gasteiger partial charge in [0.15, 0.2) is 0 Å². The summed E-state index contributed by atoms with van der Waals surface area (Å²) in [7, 11) is 3.15. The molecule has 0 bridgehead atoms. The van der Waals surface area contributed by atoms with Gasteiger partial charge in [0.25, 0.3) is 11.6 Å². The minimum Gasteiger partial charge on any atom is -0.491 e. The van der Waals surface area contributed by atoms with Gasteiger partial charge in [-0.2, -0.15) is 0 Å². The third kappa shape index (κ3) is 7.05. The maximum atomic E-state index is 12.4. The Hall–Kier alpha value is -3.17. The lowest BCUT2D eigenvalue weighted by molar-refractivity contribution is -0.384. The molecule has 0 heterocycles. The molecule has 0 aliphatic heterocycles. The van der Waals surface area contributed by atoms with Crippen molar-refractivity contribution in [2.75, 3.05) is 45.9 Å². The largest absolute Gasteiger partial charge is 0.491 e. The molecule has 0 fully saturated rings. The first-order chi connectivity index (χ1) is 14.0. The molecular weight excluding hydrogens is 378 g/mol. The Kier molecular flexibility index (Phi) is 8.87. The van der Waals surface area contributed by atoms with E-state index in [1.807, 2.05) is 24.3 Å². The van der Waals surface area contributed by atoms with Crippen molar-refractivity contribution in [3.05, 3.63) is 63.7 Å². The summed E-state index contributed by atoms with van der Waals surface area (Å²) in [6.45, 7) is 2.09. The normalized spacial score (nSPS) is 10.4. The first-order valence-corrected chi connectivity index (χ1v) is 9.05. The van der Waals surface area contributed by atoms with Crippen LogP contribution in [0.25, 0.3) is 0 Å². The van der Waals surface area contributed by atoms with Gasteiger partial charge < -0.3 is 24.8 Å². The molecule has 0 unspecified atom stereocenters. The number of hydrogen-bond donors (Lipinski definition) is 2. The van der Waals surface area contributed by atoms with Gasteiger partial charge in [0.1, 0.15) is 18.0 Å². The molecule has 0 aromatic heterocycles. The van der Waals surface area contributed by atoms with E-state index in [-0.39, 0.29) is 11.3 Å². The molecule has 0 aliphatic rings. The lowest BCUT2D eigenvalue weighted by Gasteiger charge is -2.10. The van der Waals surface area contributed by atoms with Crippen LogP contribution in [0.1, 0.15) is 15.9 Å². The van der Waals surface area contributed by atoms with Gasteiger partial charge in [-0.1, -0.05) is 12.1 Å². The molecule has 1 amide bonds. The van der Waals surface area contributed by atoms with Crippen molar-refractivity contribution in [1.82, 2.24) is 5.32 Å². The number of nitro groups is 1. The van der Waals surface area contributed by atoms with Crippen LogP contribution in [0.2, 0.25) is 0 Å². The minimum atomic E-state index is -0.520. The van der Waals surface area contributed by atoms with Gasteiger partial charge in [-0.3, -0.25) is 14.9 Å².